The van der Waals surface area contributed by atoms with E-state index in [0.717, 1.165) is 27.8 Å². The van der Waals surface area contributed by atoms with Gasteiger partial charge in [-0.15, -0.1) is 10.2 Å². The summed E-state index contributed by atoms with van der Waals surface area (Å²) in [6.07, 6.45) is 0. The molecule has 3 aromatic carbocycles. The molecule has 5 heteroatoms. The number of aliphatic hydroxyl groups excluding tert-OH is 1. The first kappa shape index (κ1) is 18.1. The molecule has 0 saturated heterocycles. The summed E-state index contributed by atoms with van der Waals surface area (Å²) in [7, 11) is 0. The summed E-state index contributed by atoms with van der Waals surface area (Å²) in [5.41, 5.74) is 4.59. The Kier molecular flexibility index (Phi) is 4.75. The molecule has 4 aromatic rings. The van der Waals surface area contributed by atoms with Gasteiger partial charge in [0, 0.05) is 5.56 Å². The number of aromatic nitrogens is 4. The molecule has 28 heavy (non-hydrogen) atoms. The van der Waals surface area contributed by atoms with Crippen molar-refractivity contribution >= 4 is 0 Å². The Hall–Kier alpha value is -3.31. The van der Waals surface area contributed by atoms with Gasteiger partial charge in [-0.25, -0.2) is 0 Å². The number of aliphatic hydroxyl groups is 1. The van der Waals surface area contributed by atoms with Crippen molar-refractivity contribution < 1.29 is 5.11 Å². The fourth-order valence-electron chi connectivity index (χ4n) is 3.24. The second kappa shape index (κ2) is 7.37. The third-order valence-corrected chi connectivity index (χ3v) is 5.01. The molecule has 0 radical (unpaired) electrons. The van der Waals surface area contributed by atoms with Gasteiger partial charge < -0.3 is 5.11 Å². The molecule has 1 heterocycles. The second-order valence-electron chi connectivity index (χ2n) is 7.23. The van der Waals surface area contributed by atoms with E-state index in [4.69, 9.17) is 5.10 Å². The van der Waals surface area contributed by atoms with Crippen molar-refractivity contribution in [3.05, 3.63) is 90.0 Å². The van der Waals surface area contributed by atoms with Crippen molar-refractivity contribution in [2.75, 3.05) is 0 Å². The third kappa shape index (κ3) is 3.32. The van der Waals surface area contributed by atoms with Crippen molar-refractivity contribution in [2.24, 2.45) is 0 Å². The van der Waals surface area contributed by atoms with Crippen LogP contribution in [0.5, 0.6) is 0 Å². The molecule has 0 saturated carbocycles. The Morgan fingerprint density at radius 2 is 1.46 bits per heavy atom. The highest BCUT2D eigenvalue weighted by Crippen LogP contribution is 2.31. The van der Waals surface area contributed by atoms with Crippen LogP contribution < -0.4 is 0 Å². The highest BCUT2D eigenvalue weighted by atomic mass is 16.3. The van der Waals surface area contributed by atoms with Gasteiger partial charge in [0.25, 0.3) is 0 Å². The summed E-state index contributed by atoms with van der Waals surface area (Å²) in [5.74, 6) is 0.589. The lowest BCUT2D eigenvalue weighted by atomic mass is 9.95. The highest BCUT2D eigenvalue weighted by molar-refractivity contribution is 5.80. The molecule has 0 atom stereocenters. The van der Waals surface area contributed by atoms with Crippen LogP contribution in [0.3, 0.4) is 0 Å². The molecule has 1 aromatic heterocycles. The van der Waals surface area contributed by atoms with E-state index in [1.807, 2.05) is 66.7 Å². The topological polar surface area (TPSA) is 63.8 Å². The molecule has 4 rings (SSSR count). The third-order valence-electron chi connectivity index (χ3n) is 5.01. The van der Waals surface area contributed by atoms with Gasteiger partial charge in [0.2, 0.25) is 5.82 Å². The number of hydrogen-bond donors (Lipinski definition) is 1. The minimum atomic E-state index is -0.412. The van der Waals surface area contributed by atoms with Gasteiger partial charge in [0.05, 0.1) is 6.61 Å². The minimum Gasteiger partial charge on any atom is -0.392 e. The second-order valence-corrected chi connectivity index (χ2v) is 7.23. The van der Waals surface area contributed by atoms with Crippen LogP contribution >= 0.6 is 0 Å². The van der Waals surface area contributed by atoms with Gasteiger partial charge in [-0.05, 0) is 41.3 Å². The molecule has 0 aliphatic carbocycles. The standard InChI is InChI=1S/C23H22N4O/c1-23(2,19-8-4-3-5-9-19)27-25-22(24-26-27)21-11-7-6-10-20(21)18-14-12-17(16-28)13-15-18/h3-15,28H,16H2,1-2H3. The lowest BCUT2D eigenvalue weighted by molar-refractivity contribution is 0.282. The number of hydrogen-bond acceptors (Lipinski definition) is 4. The highest BCUT2D eigenvalue weighted by Gasteiger charge is 2.26. The molecule has 0 spiro atoms. The molecule has 0 bridgehead atoms. The molecule has 0 aliphatic rings. The van der Waals surface area contributed by atoms with Gasteiger partial charge in [-0.1, -0.05) is 78.9 Å². The molecule has 1 N–H and O–H groups in total. The summed E-state index contributed by atoms with van der Waals surface area (Å²) in [6, 6.07) is 26.0. The van der Waals surface area contributed by atoms with Crippen LogP contribution in [0.25, 0.3) is 22.5 Å². The van der Waals surface area contributed by atoms with Crippen molar-refractivity contribution in [1.82, 2.24) is 20.2 Å². The maximum absolute atomic E-state index is 9.27. The van der Waals surface area contributed by atoms with E-state index in [-0.39, 0.29) is 6.61 Å². The fourth-order valence-corrected chi connectivity index (χ4v) is 3.24. The van der Waals surface area contributed by atoms with Crippen LogP contribution in [-0.4, -0.2) is 25.3 Å². The number of nitrogens with zero attached hydrogens (tertiary/aromatic N) is 4. The minimum absolute atomic E-state index is 0.0341. The average Bonchev–Trinajstić information content (AvgIpc) is 3.25. The molecule has 0 unspecified atom stereocenters. The summed E-state index contributed by atoms with van der Waals surface area (Å²) >= 11 is 0. The number of benzene rings is 3. The predicted molar refractivity (Wildman–Crippen MR) is 109 cm³/mol. The van der Waals surface area contributed by atoms with E-state index in [9.17, 15) is 5.11 Å². The molecular weight excluding hydrogens is 348 g/mol. The SMILES string of the molecule is CC(C)(c1ccccc1)n1nnc(-c2ccccc2-c2ccc(CO)cc2)n1. The predicted octanol–water partition coefficient (Wildman–Crippen LogP) is 4.28. The summed E-state index contributed by atoms with van der Waals surface area (Å²) in [4.78, 5) is 1.67. The van der Waals surface area contributed by atoms with Crippen LogP contribution in [0.15, 0.2) is 78.9 Å². The lowest BCUT2D eigenvalue weighted by Gasteiger charge is -2.23. The molecular formula is C23H22N4O. The van der Waals surface area contributed by atoms with Gasteiger partial charge >= 0.3 is 0 Å². The monoisotopic (exact) mass is 370 g/mol. The quantitative estimate of drug-likeness (QED) is 0.569. The Bertz CT molecular complexity index is 1070. The smallest absolute Gasteiger partial charge is 0.205 e. The van der Waals surface area contributed by atoms with Gasteiger partial charge in [-0.2, -0.15) is 4.80 Å². The first-order chi connectivity index (χ1) is 13.6. The van der Waals surface area contributed by atoms with E-state index >= 15 is 0 Å². The van der Waals surface area contributed by atoms with E-state index in [1.165, 1.54) is 0 Å². The molecule has 5 nitrogen and oxygen atoms in total. The Morgan fingerprint density at radius 1 is 0.821 bits per heavy atom. The van der Waals surface area contributed by atoms with Gasteiger partial charge in [0.15, 0.2) is 0 Å². The van der Waals surface area contributed by atoms with Crippen molar-refractivity contribution in [3.8, 4) is 22.5 Å². The maximum Gasteiger partial charge on any atom is 0.205 e. The van der Waals surface area contributed by atoms with E-state index in [1.54, 1.807) is 4.80 Å². The Balaban J connectivity index is 1.73. The van der Waals surface area contributed by atoms with Crippen LogP contribution in [0.2, 0.25) is 0 Å². The normalized spacial score (nSPS) is 11.5. The van der Waals surface area contributed by atoms with Crippen LogP contribution in [0, 0.1) is 0 Å². The molecule has 0 fully saturated rings. The fraction of sp³-hybridized carbons (Fsp3) is 0.174. The average molecular weight is 370 g/mol. The van der Waals surface area contributed by atoms with Crippen molar-refractivity contribution in [2.45, 2.75) is 26.0 Å². The van der Waals surface area contributed by atoms with Crippen LogP contribution in [0.4, 0.5) is 0 Å². The summed E-state index contributed by atoms with van der Waals surface area (Å²) < 4.78 is 0. The Morgan fingerprint density at radius 3 is 2.14 bits per heavy atom. The zero-order chi connectivity index (χ0) is 19.6. The van der Waals surface area contributed by atoms with E-state index < -0.39 is 5.54 Å². The van der Waals surface area contributed by atoms with E-state index in [2.05, 4.69) is 36.3 Å². The van der Waals surface area contributed by atoms with Gasteiger partial charge in [-0.3, -0.25) is 0 Å². The number of rotatable bonds is 5. The lowest BCUT2D eigenvalue weighted by Crippen LogP contribution is -2.30. The first-order valence-electron chi connectivity index (χ1n) is 9.25. The van der Waals surface area contributed by atoms with Crippen LogP contribution in [-0.2, 0) is 12.1 Å². The Labute approximate surface area is 164 Å². The first-order valence-corrected chi connectivity index (χ1v) is 9.25. The largest absolute Gasteiger partial charge is 0.392 e. The number of tetrazole rings is 1. The zero-order valence-corrected chi connectivity index (χ0v) is 15.9. The van der Waals surface area contributed by atoms with Crippen molar-refractivity contribution in [1.29, 1.82) is 0 Å². The zero-order valence-electron chi connectivity index (χ0n) is 15.9. The summed E-state index contributed by atoms with van der Waals surface area (Å²) in [5, 5.41) is 22.7. The van der Waals surface area contributed by atoms with Crippen molar-refractivity contribution in [3.63, 3.8) is 0 Å². The van der Waals surface area contributed by atoms with Gasteiger partial charge in [0.1, 0.15) is 5.54 Å². The molecule has 140 valence electrons. The van der Waals surface area contributed by atoms with E-state index in [0.29, 0.717) is 5.82 Å². The van der Waals surface area contributed by atoms with Crippen LogP contribution in [0.1, 0.15) is 25.0 Å². The summed E-state index contributed by atoms with van der Waals surface area (Å²) in [6.45, 7) is 4.19. The molecule has 0 aliphatic heterocycles. The maximum atomic E-state index is 9.27. The molecule has 0 amide bonds.